The normalized spacial score (nSPS) is 12.1. The van der Waals surface area contributed by atoms with E-state index in [1.54, 1.807) is 21.0 Å². The van der Waals surface area contributed by atoms with Gasteiger partial charge in [0.15, 0.2) is 5.78 Å². The minimum Gasteiger partial charge on any atom is -0.382 e. The summed E-state index contributed by atoms with van der Waals surface area (Å²) >= 11 is 0. The van der Waals surface area contributed by atoms with Crippen LogP contribution in [0.4, 0.5) is 0 Å². The van der Waals surface area contributed by atoms with E-state index in [0.29, 0.717) is 0 Å². The minimum absolute atomic E-state index is 0.0417. The first-order valence-corrected chi connectivity index (χ1v) is 4.67. The van der Waals surface area contributed by atoms with Crippen molar-refractivity contribution in [3.05, 3.63) is 12.8 Å². The number of ketones is 1. The first kappa shape index (κ1) is 15.6. The summed E-state index contributed by atoms with van der Waals surface area (Å²) < 4.78 is 4.94. The smallest absolute Gasteiger partial charge is 0.151 e. The molecule has 0 aromatic carbocycles. The van der Waals surface area contributed by atoms with Crippen LogP contribution >= 0.6 is 0 Å². The second kappa shape index (κ2) is 7.56. The molecule has 0 amide bonds. The molecule has 0 aromatic heterocycles. The molecule has 0 aliphatic rings. The fourth-order valence-corrected chi connectivity index (χ4v) is 0.294. The maximum absolute atomic E-state index is 10.4. The van der Waals surface area contributed by atoms with Crippen molar-refractivity contribution in [2.24, 2.45) is 0 Å². The number of methoxy groups -OCH3 is 1. The van der Waals surface area contributed by atoms with Gasteiger partial charge in [-0.3, -0.25) is 4.79 Å². The van der Waals surface area contributed by atoms with Crippen molar-refractivity contribution in [1.29, 1.82) is 0 Å². The number of Topliss-reactive ketones (excluding diaryl/α,β-unsaturated/α-hetero) is 1. The number of ether oxygens (including phenoxy) is 1. The van der Waals surface area contributed by atoms with Gasteiger partial charge in [-0.2, -0.15) is 0 Å². The summed E-state index contributed by atoms with van der Waals surface area (Å²) in [5, 5.41) is 2.76. The fraction of sp³-hybridized carbons (Fsp3) is 0.727. The third-order valence-corrected chi connectivity index (χ3v) is 1.59. The quantitative estimate of drug-likeness (QED) is 0.760. The summed E-state index contributed by atoms with van der Waals surface area (Å²) in [7, 11) is 1.71. The number of carbonyl (C=O) groups excluding carboxylic acids is 1. The minimum atomic E-state index is -0.0903. The molecule has 1 unspecified atom stereocenters. The molecule has 0 fully saturated rings. The van der Waals surface area contributed by atoms with Crippen molar-refractivity contribution >= 4 is 5.78 Å². The Hall–Kier alpha value is -0.830. The van der Waals surface area contributed by atoms with E-state index in [-0.39, 0.29) is 17.4 Å². The maximum Gasteiger partial charge on any atom is 0.151 e. The molecule has 0 saturated heterocycles. The van der Waals surface area contributed by atoms with Gasteiger partial charge in [0.05, 0.1) is 11.6 Å². The van der Waals surface area contributed by atoms with E-state index >= 15 is 0 Å². The third kappa shape index (κ3) is 13.7. The van der Waals surface area contributed by atoms with E-state index in [1.807, 2.05) is 20.8 Å². The van der Waals surface area contributed by atoms with E-state index in [2.05, 4.69) is 11.9 Å². The second-order valence-corrected chi connectivity index (χ2v) is 4.02. The standard InChI is InChI=1S/C6H11NO.C5H12O/c1-4-7-5(2)6(3)8;1-5(2,3)6-4/h4-5,7H,1H2,2-3H3;1-4H3. The van der Waals surface area contributed by atoms with Crippen molar-refractivity contribution in [2.45, 2.75) is 46.3 Å². The van der Waals surface area contributed by atoms with Gasteiger partial charge < -0.3 is 10.1 Å². The molecule has 3 heteroatoms. The van der Waals surface area contributed by atoms with Crippen LogP contribution in [0.15, 0.2) is 12.8 Å². The molecule has 1 atom stereocenters. The molecule has 0 spiro atoms. The molecule has 0 aromatic rings. The molecule has 0 aliphatic carbocycles. The number of hydrogen-bond donors (Lipinski definition) is 1. The predicted octanol–water partition coefficient (Wildman–Crippen LogP) is 2.13. The van der Waals surface area contributed by atoms with Crippen molar-refractivity contribution in [1.82, 2.24) is 5.32 Å². The molecule has 14 heavy (non-hydrogen) atoms. The van der Waals surface area contributed by atoms with Gasteiger partial charge >= 0.3 is 0 Å². The molecular weight excluding hydrogens is 178 g/mol. The van der Waals surface area contributed by atoms with E-state index in [4.69, 9.17) is 4.74 Å². The Labute approximate surface area is 87.5 Å². The lowest BCUT2D eigenvalue weighted by Crippen LogP contribution is -2.27. The first-order valence-electron chi connectivity index (χ1n) is 4.67. The molecule has 0 bridgehead atoms. The highest BCUT2D eigenvalue weighted by atomic mass is 16.5. The summed E-state index contributed by atoms with van der Waals surface area (Å²) in [5.41, 5.74) is 0.0417. The summed E-state index contributed by atoms with van der Waals surface area (Å²) in [5.74, 6) is 0.130. The van der Waals surface area contributed by atoms with Crippen LogP contribution in [0.1, 0.15) is 34.6 Å². The van der Waals surface area contributed by atoms with Gasteiger partial charge in [-0.25, -0.2) is 0 Å². The van der Waals surface area contributed by atoms with Gasteiger partial charge in [-0.15, -0.1) is 0 Å². The molecule has 0 saturated carbocycles. The summed E-state index contributed by atoms with van der Waals surface area (Å²) in [6.45, 7) is 12.8. The Kier molecular flexibility index (Phi) is 8.44. The Bertz CT molecular complexity index is 171. The maximum atomic E-state index is 10.4. The molecule has 0 radical (unpaired) electrons. The number of hydrogen-bond acceptors (Lipinski definition) is 3. The first-order chi connectivity index (χ1) is 6.24. The van der Waals surface area contributed by atoms with Gasteiger partial charge in [0, 0.05) is 7.11 Å². The van der Waals surface area contributed by atoms with Gasteiger partial charge in [-0.05, 0) is 40.8 Å². The molecular formula is C11H23NO2. The average molecular weight is 201 g/mol. The highest BCUT2D eigenvalue weighted by Gasteiger charge is 2.04. The van der Waals surface area contributed by atoms with Crippen LogP contribution in [0, 0.1) is 0 Å². The lowest BCUT2D eigenvalue weighted by Gasteiger charge is -2.14. The van der Waals surface area contributed by atoms with Gasteiger partial charge in [-0.1, -0.05) is 6.58 Å². The van der Waals surface area contributed by atoms with E-state index in [0.717, 1.165) is 0 Å². The van der Waals surface area contributed by atoms with Crippen molar-refractivity contribution in [3.8, 4) is 0 Å². The lowest BCUT2D eigenvalue weighted by atomic mass is 10.2. The van der Waals surface area contributed by atoms with Crippen LogP contribution in [0.2, 0.25) is 0 Å². The van der Waals surface area contributed by atoms with Crippen molar-refractivity contribution in [2.75, 3.05) is 7.11 Å². The summed E-state index contributed by atoms with van der Waals surface area (Å²) in [6, 6.07) is -0.0903. The van der Waals surface area contributed by atoms with Crippen LogP contribution in [0.3, 0.4) is 0 Å². The van der Waals surface area contributed by atoms with Crippen LogP contribution in [0.5, 0.6) is 0 Å². The molecule has 0 aliphatic heterocycles. The van der Waals surface area contributed by atoms with Crippen molar-refractivity contribution in [3.63, 3.8) is 0 Å². The Morgan fingerprint density at radius 2 is 1.86 bits per heavy atom. The lowest BCUT2D eigenvalue weighted by molar-refractivity contribution is -0.118. The average Bonchev–Trinajstić information content (AvgIpc) is 2.04. The molecule has 3 nitrogen and oxygen atoms in total. The summed E-state index contributed by atoms with van der Waals surface area (Å²) in [4.78, 5) is 10.4. The zero-order valence-electron chi connectivity index (χ0n) is 10.2. The van der Waals surface area contributed by atoms with E-state index in [1.165, 1.54) is 6.20 Å². The monoisotopic (exact) mass is 201 g/mol. The van der Waals surface area contributed by atoms with Crippen LogP contribution in [0.25, 0.3) is 0 Å². The topological polar surface area (TPSA) is 38.3 Å². The van der Waals surface area contributed by atoms with Crippen LogP contribution in [-0.4, -0.2) is 24.5 Å². The summed E-state index contributed by atoms with van der Waals surface area (Å²) in [6.07, 6.45) is 1.52. The third-order valence-electron chi connectivity index (χ3n) is 1.59. The molecule has 0 heterocycles. The van der Waals surface area contributed by atoms with E-state index < -0.39 is 0 Å². The SMILES string of the molecule is C=CNC(C)C(C)=O.COC(C)(C)C. The predicted molar refractivity (Wildman–Crippen MR) is 60.2 cm³/mol. The Morgan fingerprint density at radius 1 is 1.50 bits per heavy atom. The Balaban J connectivity index is 0. The number of carbonyl (C=O) groups is 1. The zero-order chi connectivity index (χ0) is 11.8. The van der Waals surface area contributed by atoms with Gasteiger partial charge in [0.1, 0.15) is 0 Å². The number of nitrogens with one attached hydrogen (secondary N) is 1. The highest BCUT2D eigenvalue weighted by molar-refractivity contribution is 5.81. The van der Waals surface area contributed by atoms with Crippen LogP contribution < -0.4 is 5.32 Å². The molecule has 84 valence electrons. The van der Waals surface area contributed by atoms with Crippen LogP contribution in [-0.2, 0) is 9.53 Å². The van der Waals surface area contributed by atoms with Gasteiger partial charge in [0.2, 0.25) is 0 Å². The molecule has 0 rings (SSSR count). The zero-order valence-corrected chi connectivity index (χ0v) is 10.2. The molecule has 1 N–H and O–H groups in total. The van der Waals surface area contributed by atoms with Crippen molar-refractivity contribution < 1.29 is 9.53 Å². The number of rotatable bonds is 3. The fourth-order valence-electron chi connectivity index (χ4n) is 0.294. The van der Waals surface area contributed by atoms with Gasteiger partial charge in [0.25, 0.3) is 0 Å². The largest absolute Gasteiger partial charge is 0.382 e. The second-order valence-electron chi connectivity index (χ2n) is 4.02. The van der Waals surface area contributed by atoms with E-state index in [9.17, 15) is 4.79 Å². The highest BCUT2D eigenvalue weighted by Crippen LogP contribution is 2.02. The Morgan fingerprint density at radius 3 is 1.93 bits per heavy atom.